The molecular formula is C14H16N4O2. The number of nitrogens with two attached hydrogens (primary N) is 1. The van der Waals surface area contributed by atoms with Gasteiger partial charge in [-0.05, 0) is 17.2 Å². The molecule has 0 atom stereocenters. The summed E-state index contributed by atoms with van der Waals surface area (Å²) in [5.74, 6) is -0.251. The lowest BCUT2D eigenvalue weighted by molar-refractivity contribution is 0.0778. The Bertz CT molecular complexity index is 646. The summed E-state index contributed by atoms with van der Waals surface area (Å²) in [6.45, 7) is 0.917. The lowest BCUT2D eigenvalue weighted by atomic mass is 10.1. The van der Waals surface area contributed by atoms with E-state index in [1.807, 2.05) is 24.3 Å². The van der Waals surface area contributed by atoms with E-state index in [-0.39, 0.29) is 17.2 Å². The summed E-state index contributed by atoms with van der Waals surface area (Å²) in [7, 11) is 1.68. The standard InChI is InChI=1S/C14H16N4O2/c1-18(9-11-4-2-3-10(7-11)8-15)14(20)12-5-6-13(19)17-16-12/h2-7H,8-9,15H2,1H3,(H,17,19). The second-order valence-corrected chi connectivity index (χ2v) is 4.49. The van der Waals surface area contributed by atoms with Crippen molar-refractivity contribution in [2.45, 2.75) is 13.1 Å². The van der Waals surface area contributed by atoms with Gasteiger partial charge in [0.2, 0.25) is 0 Å². The maximum Gasteiger partial charge on any atom is 0.274 e. The fourth-order valence-electron chi connectivity index (χ4n) is 1.86. The largest absolute Gasteiger partial charge is 0.336 e. The third-order valence-electron chi connectivity index (χ3n) is 2.89. The lowest BCUT2D eigenvalue weighted by Gasteiger charge is -2.17. The van der Waals surface area contributed by atoms with E-state index >= 15 is 0 Å². The molecular weight excluding hydrogens is 256 g/mol. The molecule has 0 fully saturated rings. The molecule has 0 saturated heterocycles. The van der Waals surface area contributed by atoms with E-state index < -0.39 is 0 Å². The van der Waals surface area contributed by atoms with E-state index in [0.717, 1.165) is 11.1 Å². The monoisotopic (exact) mass is 272 g/mol. The molecule has 1 heterocycles. The Balaban J connectivity index is 2.10. The molecule has 0 saturated carbocycles. The van der Waals surface area contributed by atoms with Crippen molar-refractivity contribution in [2.24, 2.45) is 5.73 Å². The Hall–Kier alpha value is -2.47. The van der Waals surface area contributed by atoms with Gasteiger partial charge in [-0.3, -0.25) is 9.59 Å². The van der Waals surface area contributed by atoms with Crippen LogP contribution in [0, 0.1) is 0 Å². The van der Waals surface area contributed by atoms with Gasteiger partial charge in [-0.2, -0.15) is 5.10 Å². The van der Waals surface area contributed by atoms with Gasteiger partial charge >= 0.3 is 0 Å². The Labute approximate surface area is 116 Å². The number of carbonyl (C=O) groups is 1. The molecule has 6 nitrogen and oxygen atoms in total. The van der Waals surface area contributed by atoms with Crippen molar-refractivity contribution in [1.82, 2.24) is 15.1 Å². The van der Waals surface area contributed by atoms with Crippen molar-refractivity contribution >= 4 is 5.91 Å². The highest BCUT2D eigenvalue weighted by Gasteiger charge is 2.13. The number of H-pyrrole nitrogens is 1. The minimum Gasteiger partial charge on any atom is -0.336 e. The van der Waals surface area contributed by atoms with Crippen LogP contribution in [0.3, 0.4) is 0 Å². The summed E-state index contributed by atoms with van der Waals surface area (Å²) in [6.07, 6.45) is 0. The van der Waals surface area contributed by atoms with Gasteiger partial charge in [0.05, 0.1) is 0 Å². The second-order valence-electron chi connectivity index (χ2n) is 4.49. The second kappa shape index (κ2) is 6.12. The third kappa shape index (κ3) is 3.30. The van der Waals surface area contributed by atoms with Crippen LogP contribution in [-0.2, 0) is 13.1 Å². The molecule has 0 radical (unpaired) electrons. The summed E-state index contributed by atoms with van der Waals surface area (Å²) < 4.78 is 0. The van der Waals surface area contributed by atoms with Crippen LogP contribution in [0.25, 0.3) is 0 Å². The van der Waals surface area contributed by atoms with Crippen LogP contribution in [0.2, 0.25) is 0 Å². The van der Waals surface area contributed by atoms with E-state index in [9.17, 15) is 9.59 Å². The molecule has 1 aromatic carbocycles. The lowest BCUT2D eigenvalue weighted by Crippen LogP contribution is -2.28. The molecule has 0 aliphatic carbocycles. The summed E-state index contributed by atoms with van der Waals surface area (Å²) in [5, 5.41) is 5.97. The summed E-state index contributed by atoms with van der Waals surface area (Å²) in [5.41, 5.74) is 7.48. The van der Waals surface area contributed by atoms with E-state index in [1.165, 1.54) is 17.0 Å². The van der Waals surface area contributed by atoms with E-state index in [1.54, 1.807) is 7.05 Å². The van der Waals surface area contributed by atoms with Gasteiger partial charge < -0.3 is 10.6 Å². The number of aromatic nitrogens is 2. The summed E-state index contributed by atoms with van der Waals surface area (Å²) in [4.78, 5) is 24.6. The van der Waals surface area contributed by atoms with Crippen molar-refractivity contribution in [1.29, 1.82) is 0 Å². The van der Waals surface area contributed by atoms with Crippen LogP contribution in [0.1, 0.15) is 21.6 Å². The van der Waals surface area contributed by atoms with E-state index in [2.05, 4.69) is 10.2 Å². The summed E-state index contributed by atoms with van der Waals surface area (Å²) >= 11 is 0. The fraction of sp³-hybridized carbons (Fsp3) is 0.214. The first-order chi connectivity index (χ1) is 9.60. The number of carbonyl (C=O) groups excluding carboxylic acids is 1. The van der Waals surface area contributed by atoms with E-state index in [4.69, 9.17) is 5.73 Å². The maximum atomic E-state index is 12.1. The van der Waals surface area contributed by atoms with Crippen molar-refractivity contribution in [2.75, 3.05) is 7.05 Å². The molecule has 0 aliphatic heterocycles. The smallest absolute Gasteiger partial charge is 0.274 e. The predicted molar refractivity (Wildman–Crippen MR) is 75.0 cm³/mol. The Morgan fingerprint density at radius 1 is 1.30 bits per heavy atom. The number of hydrogen-bond acceptors (Lipinski definition) is 4. The quantitative estimate of drug-likeness (QED) is 0.847. The highest BCUT2D eigenvalue weighted by Crippen LogP contribution is 2.08. The number of aromatic amines is 1. The number of rotatable bonds is 4. The zero-order valence-corrected chi connectivity index (χ0v) is 11.2. The molecule has 104 valence electrons. The topological polar surface area (TPSA) is 92.1 Å². The average Bonchev–Trinajstić information content (AvgIpc) is 2.47. The first-order valence-electron chi connectivity index (χ1n) is 6.19. The number of hydrogen-bond donors (Lipinski definition) is 2. The zero-order valence-electron chi connectivity index (χ0n) is 11.2. The van der Waals surface area contributed by atoms with Crippen LogP contribution in [0.5, 0.6) is 0 Å². The minimum absolute atomic E-state index is 0.210. The van der Waals surface area contributed by atoms with Crippen LogP contribution in [0.4, 0.5) is 0 Å². The van der Waals surface area contributed by atoms with Crippen molar-refractivity contribution < 1.29 is 4.79 Å². The molecule has 0 unspecified atom stereocenters. The first-order valence-corrected chi connectivity index (χ1v) is 6.19. The van der Waals surface area contributed by atoms with Crippen LogP contribution in [-0.4, -0.2) is 28.1 Å². The molecule has 1 aromatic heterocycles. The van der Waals surface area contributed by atoms with Gasteiger partial charge in [-0.1, -0.05) is 24.3 Å². The molecule has 3 N–H and O–H groups in total. The van der Waals surface area contributed by atoms with Gasteiger partial charge in [0.1, 0.15) is 5.69 Å². The molecule has 6 heteroatoms. The highest BCUT2D eigenvalue weighted by atomic mass is 16.2. The Morgan fingerprint density at radius 3 is 2.70 bits per heavy atom. The molecule has 20 heavy (non-hydrogen) atoms. The number of nitrogens with zero attached hydrogens (tertiary/aromatic N) is 2. The Morgan fingerprint density at radius 2 is 2.05 bits per heavy atom. The molecule has 2 rings (SSSR count). The molecule has 0 bridgehead atoms. The zero-order chi connectivity index (χ0) is 14.5. The average molecular weight is 272 g/mol. The highest BCUT2D eigenvalue weighted by molar-refractivity contribution is 5.91. The maximum absolute atomic E-state index is 12.1. The van der Waals surface area contributed by atoms with Gasteiger partial charge in [0.15, 0.2) is 0 Å². The number of benzene rings is 1. The van der Waals surface area contributed by atoms with Gasteiger partial charge in [0, 0.05) is 26.2 Å². The number of amides is 1. The van der Waals surface area contributed by atoms with Gasteiger partial charge in [-0.25, -0.2) is 5.10 Å². The van der Waals surface area contributed by atoms with Gasteiger partial charge in [-0.15, -0.1) is 0 Å². The van der Waals surface area contributed by atoms with E-state index in [0.29, 0.717) is 13.1 Å². The Kier molecular flexibility index (Phi) is 4.27. The van der Waals surface area contributed by atoms with Crippen molar-refractivity contribution in [3.05, 3.63) is 63.6 Å². The first kappa shape index (κ1) is 14.0. The van der Waals surface area contributed by atoms with Gasteiger partial charge in [0.25, 0.3) is 11.5 Å². The van der Waals surface area contributed by atoms with Crippen LogP contribution < -0.4 is 11.3 Å². The minimum atomic E-state index is -0.333. The number of nitrogens with one attached hydrogen (secondary N) is 1. The SMILES string of the molecule is CN(Cc1cccc(CN)c1)C(=O)c1ccc(=O)[nH]n1. The molecule has 0 aliphatic rings. The van der Waals surface area contributed by atoms with Crippen LogP contribution in [0.15, 0.2) is 41.2 Å². The molecule has 2 aromatic rings. The van der Waals surface area contributed by atoms with Crippen molar-refractivity contribution in [3.8, 4) is 0 Å². The predicted octanol–water partition coefficient (Wildman–Crippen LogP) is 0.501. The molecule has 0 spiro atoms. The third-order valence-corrected chi connectivity index (χ3v) is 2.89. The summed E-state index contributed by atoms with van der Waals surface area (Å²) in [6, 6.07) is 10.4. The normalized spacial score (nSPS) is 10.3. The van der Waals surface area contributed by atoms with Crippen molar-refractivity contribution in [3.63, 3.8) is 0 Å². The van der Waals surface area contributed by atoms with Crippen LogP contribution >= 0.6 is 0 Å². The fourth-order valence-corrected chi connectivity index (χ4v) is 1.86. The molecule has 1 amide bonds.